The number of para-hydroxylation sites is 1. The molecule has 0 atom stereocenters. The van der Waals surface area contributed by atoms with Crippen LogP contribution < -0.4 is 9.54 Å². The molecule has 7 heteroatoms. The quantitative estimate of drug-likeness (QED) is 0.800. The number of aromatic nitrogens is 1. The SMILES string of the molecule is CC(=O)Oc1csc(=Nc2ccccc2F)n1C(C)=O. The molecule has 2 rings (SSSR count). The van der Waals surface area contributed by atoms with Gasteiger partial charge in [0.1, 0.15) is 11.5 Å². The Balaban J connectivity index is 2.58. The Hall–Kier alpha value is -2.28. The Morgan fingerprint density at radius 2 is 2.00 bits per heavy atom. The molecule has 104 valence electrons. The molecule has 0 radical (unpaired) electrons. The summed E-state index contributed by atoms with van der Waals surface area (Å²) in [5.41, 5.74) is 0.110. The Morgan fingerprint density at radius 3 is 2.60 bits per heavy atom. The average molecular weight is 294 g/mol. The molecule has 0 bridgehead atoms. The highest BCUT2D eigenvalue weighted by Gasteiger charge is 2.13. The van der Waals surface area contributed by atoms with E-state index in [0.29, 0.717) is 0 Å². The minimum Gasteiger partial charge on any atom is -0.408 e. The number of hydrogen-bond donors (Lipinski definition) is 0. The number of hydrogen-bond acceptors (Lipinski definition) is 5. The topological polar surface area (TPSA) is 60.7 Å². The largest absolute Gasteiger partial charge is 0.408 e. The Labute approximate surface area is 118 Å². The van der Waals surface area contributed by atoms with Gasteiger partial charge in [-0.15, -0.1) is 11.3 Å². The van der Waals surface area contributed by atoms with E-state index in [2.05, 4.69) is 4.99 Å². The van der Waals surface area contributed by atoms with Crippen LogP contribution in [0.15, 0.2) is 34.6 Å². The van der Waals surface area contributed by atoms with Crippen molar-refractivity contribution >= 4 is 28.9 Å². The van der Waals surface area contributed by atoms with Crippen molar-refractivity contribution in [1.82, 2.24) is 4.57 Å². The predicted molar refractivity (Wildman–Crippen MR) is 71.5 cm³/mol. The fraction of sp³-hybridized carbons (Fsp3) is 0.154. The van der Waals surface area contributed by atoms with Gasteiger partial charge < -0.3 is 4.74 Å². The molecule has 5 nitrogen and oxygen atoms in total. The van der Waals surface area contributed by atoms with Gasteiger partial charge >= 0.3 is 5.97 Å². The van der Waals surface area contributed by atoms with Crippen molar-refractivity contribution in [2.75, 3.05) is 0 Å². The van der Waals surface area contributed by atoms with E-state index in [0.717, 1.165) is 15.9 Å². The van der Waals surface area contributed by atoms with Gasteiger partial charge in [0.15, 0.2) is 4.80 Å². The zero-order valence-corrected chi connectivity index (χ0v) is 11.6. The number of rotatable bonds is 2. The van der Waals surface area contributed by atoms with Gasteiger partial charge in [0.05, 0.1) is 5.38 Å². The lowest BCUT2D eigenvalue weighted by molar-refractivity contribution is -0.132. The smallest absolute Gasteiger partial charge is 0.309 e. The van der Waals surface area contributed by atoms with Crippen molar-refractivity contribution in [2.45, 2.75) is 13.8 Å². The van der Waals surface area contributed by atoms with Gasteiger partial charge in [-0.1, -0.05) is 12.1 Å². The molecule has 1 aromatic carbocycles. The second kappa shape index (κ2) is 5.79. The maximum absolute atomic E-state index is 13.6. The van der Waals surface area contributed by atoms with E-state index in [1.807, 2.05) is 0 Å². The minimum absolute atomic E-state index is 0.0742. The van der Waals surface area contributed by atoms with Crippen LogP contribution in [0.4, 0.5) is 10.1 Å². The second-order valence-electron chi connectivity index (χ2n) is 3.87. The zero-order valence-electron chi connectivity index (χ0n) is 10.8. The Bertz CT molecular complexity index is 733. The summed E-state index contributed by atoms with van der Waals surface area (Å²) < 4.78 is 19.6. The number of carbonyl (C=O) groups is 2. The van der Waals surface area contributed by atoms with Crippen LogP contribution in [0.25, 0.3) is 0 Å². The van der Waals surface area contributed by atoms with Gasteiger partial charge in [-0.05, 0) is 12.1 Å². The summed E-state index contributed by atoms with van der Waals surface area (Å²) in [5, 5.41) is 1.47. The van der Waals surface area contributed by atoms with Crippen molar-refractivity contribution in [2.24, 2.45) is 4.99 Å². The molecule has 0 unspecified atom stereocenters. The van der Waals surface area contributed by atoms with E-state index in [-0.39, 0.29) is 22.3 Å². The lowest BCUT2D eigenvalue weighted by Gasteiger charge is -2.03. The number of nitrogens with zero attached hydrogens (tertiary/aromatic N) is 2. The fourth-order valence-electron chi connectivity index (χ4n) is 1.53. The van der Waals surface area contributed by atoms with Crippen molar-refractivity contribution in [1.29, 1.82) is 0 Å². The van der Waals surface area contributed by atoms with Crippen molar-refractivity contribution < 1.29 is 18.7 Å². The Kier molecular flexibility index (Phi) is 4.09. The van der Waals surface area contributed by atoms with Crippen molar-refractivity contribution in [3.8, 4) is 5.88 Å². The first-order chi connectivity index (χ1) is 9.49. The molecular weight excluding hydrogens is 283 g/mol. The molecule has 0 saturated carbocycles. The van der Waals surface area contributed by atoms with Gasteiger partial charge in [-0.2, -0.15) is 0 Å². The second-order valence-corrected chi connectivity index (χ2v) is 4.70. The first kappa shape index (κ1) is 14.1. The van der Waals surface area contributed by atoms with E-state index >= 15 is 0 Å². The van der Waals surface area contributed by atoms with Crippen LogP contribution in [0.5, 0.6) is 5.88 Å². The molecule has 1 heterocycles. The maximum Gasteiger partial charge on any atom is 0.309 e. The van der Waals surface area contributed by atoms with Gasteiger partial charge in [0, 0.05) is 13.8 Å². The number of carbonyl (C=O) groups excluding carboxylic acids is 2. The highest BCUT2D eigenvalue weighted by molar-refractivity contribution is 7.07. The molecule has 0 aliphatic rings. The van der Waals surface area contributed by atoms with Gasteiger partial charge in [-0.25, -0.2) is 13.9 Å². The first-order valence-corrected chi connectivity index (χ1v) is 6.56. The molecule has 1 aromatic heterocycles. The van der Waals surface area contributed by atoms with E-state index in [1.165, 1.54) is 31.4 Å². The lowest BCUT2D eigenvalue weighted by Crippen LogP contribution is -2.22. The summed E-state index contributed by atoms with van der Waals surface area (Å²) in [7, 11) is 0. The van der Waals surface area contributed by atoms with Crippen LogP contribution in [0.2, 0.25) is 0 Å². The first-order valence-electron chi connectivity index (χ1n) is 5.68. The third-order valence-electron chi connectivity index (χ3n) is 2.31. The van der Waals surface area contributed by atoms with E-state index in [9.17, 15) is 14.0 Å². The standard InChI is InChI=1S/C13H11FN2O3S/c1-8(17)16-12(19-9(2)18)7-20-13(16)15-11-6-4-3-5-10(11)14/h3-7H,1-2H3. The normalized spacial score (nSPS) is 11.4. The number of esters is 1. The molecule has 0 N–H and O–H groups in total. The molecule has 0 spiro atoms. The molecule has 20 heavy (non-hydrogen) atoms. The number of benzene rings is 1. The molecule has 0 aliphatic heterocycles. The average Bonchev–Trinajstić information content (AvgIpc) is 2.74. The molecular formula is C13H11FN2O3S. The van der Waals surface area contributed by atoms with Crippen LogP contribution in [-0.4, -0.2) is 16.4 Å². The molecule has 0 aliphatic carbocycles. The molecule has 0 saturated heterocycles. The minimum atomic E-state index is -0.546. The summed E-state index contributed by atoms with van der Waals surface area (Å²) >= 11 is 1.08. The summed E-state index contributed by atoms with van der Waals surface area (Å²) in [6, 6.07) is 5.95. The van der Waals surface area contributed by atoms with E-state index in [1.54, 1.807) is 12.1 Å². The van der Waals surface area contributed by atoms with E-state index in [4.69, 9.17) is 4.74 Å². The fourth-order valence-corrected chi connectivity index (χ4v) is 2.37. The van der Waals surface area contributed by atoms with Gasteiger partial charge in [-0.3, -0.25) is 9.59 Å². The zero-order chi connectivity index (χ0) is 14.7. The van der Waals surface area contributed by atoms with Crippen LogP contribution in [0.3, 0.4) is 0 Å². The molecule has 0 fully saturated rings. The summed E-state index contributed by atoms with van der Waals surface area (Å²) in [6.07, 6.45) is 0. The number of halogens is 1. The molecule has 2 aromatic rings. The van der Waals surface area contributed by atoms with Gasteiger partial charge in [0.2, 0.25) is 11.8 Å². The van der Waals surface area contributed by atoms with Crippen molar-refractivity contribution in [3.63, 3.8) is 0 Å². The highest BCUT2D eigenvalue weighted by Crippen LogP contribution is 2.18. The monoisotopic (exact) mass is 294 g/mol. The number of ether oxygens (including phenoxy) is 1. The van der Waals surface area contributed by atoms with Crippen LogP contribution in [0.1, 0.15) is 18.6 Å². The van der Waals surface area contributed by atoms with Crippen LogP contribution in [-0.2, 0) is 4.79 Å². The molecule has 0 amide bonds. The summed E-state index contributed by atoms with van der Waals surface area (Å²) in [5.74, 6) is -1.34. The maximum atomic E-state index is 13.6. The lowest BCUT2D eigenvalue weighted by atomic mass is 10.3. The highest BCUT2D eigenvalue weighted by atomic mass is 32.1. The number of thiazole rings is 1. The van der Waals surface area contributed by atoms with Crippen LogP contribution >= 0.6 is 11.3 Å². The third-order valence-corrected chi connectivity index (χ3v) is 3.11. The summed E-state index contributed by atoms with van der Waals surface area (Å²) in [6.45, 7) is 2.54. The third kappa shape index (κ3) is 3.00. The van der Waals surface area contributed by atoms with E-state index < -0.39 is 11.8 Å². The van der Waals surface area contributed by atoms with Gasteiger partial charge in [0.25, 0.3) is 0 Å². The van der Waals surface area contributed by atoms with Crippen molar-refractivity contribution in [3.05, 3.63) is 40.3 Å². The summed E-state index contributed by atoms with van der Waals surface area (Å²) in [4.78, 5) is 26.9. The predicted octanol–water partition coefficient (Wildman–Crippen LogP) is 2.51. The Morgan fingerprint density at radius 1 is 1.30 bits per heavy atom. The van der Waals surface area contributed by atoms with Crippen LogP contribution in [0, 0.1) is 5.82 Å².